The monoisotopic (exact) mass is 925 g/mol. The molecular weight excluding hydrogens is 829 g/mol. The zero-order chi connectivity index (χ0) is 48.6. The summed E-state index contributed by atoms with van der Waals surface area (Å²) in [5.41, 5.74) is 0. The zero-order valence-electron chi connectivity index (χ0n) is 42.9. The highest BCUT2D eigenvalue weighted by atomic mass is 16.6. The molecule has 0 unspecified atom stereocenters. The molecule has 0 saturated carbocycles. The largest absolute Gasteiger partial charge is 0.462 e. The quantitative estimate of drug-likeness (QED) is 0.0262. The smallest absolute Gasteiger partial charge is 0.306 e. The van der Waals surface area contributed by atoms with Gasteiger partial charge in [-0.2, -0.15) is 0 Å². The van der Waals surface area contributed by atoms with E-state index in [1.165, 1.54) is 51.4 Å². The molecule has 0 saturated heterocycles. The molecule has 0 aliphatic carbocycles. The third-order valence-corrected chi connectivity index (χ3v) is 10.6. The van der Waals surface area contributed by atoms with Crippen LogP contribution in [0.4, 0.5) is 0 Å². The Kier molecular flexibility index (Phi) is 50.6. The van der Waals surface area contributed by atoms with E-state index in [1.807, 2.05) is 12.2 Å². The maximum atomic E-state index is 12.8. The van der Waals surface area contributed by atoms with E-state index in [0.717, 1.165) is 109 Å². The highest BCUT2D eigenvalue weighted by Crippen LogP contribution is 2.11. The van der Waals surface area contributed by atoms with Crippen molar-refractivity contribution >= 4 is 17.9 Å². The van der Waals surface area contributed by atoms with E-state index in [-0.39, 0.29) is 44.0 Å². The van der Waals surface area contributed by atoms with Gasteiger partial charge in [-0.25, -0.2) is 0 Å². The molecule has 0 N–H and O–H groups in total. The molecule has 0 spiro atoms. The molecule has 0 aliphatic heterocycles. The standard InChI is InChI=1S/C61H96O6/c1-4-7-10-13-16-19-22-24-26-28-30-32-34-36-39-42-45-48-51-54-60(63)66-57-58(56-65-59(62)53-50-47-44-41-38-21-18-15-12-9-6-3)67-61(64)55-52-49-46-43-40-37-35-33-31-29-27-25-23-20-17-14-11-8-5-2/h7,10,15-20,24-27,30-33,36-37,39-40,45,48,58H,4-6,8-9,11-14,21-23,28-29,34-35,38,41-44,46-47,49-57H2,1-3H3/b10-7-,18-15-,19-16-,20-17-,26-24-,27-25-,32-30-,33-31-,39-36-,40-37-,48-45-/t58-/m0/s1. The minimum Gasteiger partial charge on any atom is -0.462 e. The van der Waals surface area contributed by atoms with Crippen molar-refractivity contribution in [3.05, 3.63) is 134 Å². The fraction of sp³-hybridized carbons (Fsp3) is 0.590. The molecule has 0 bridgehead atoms. The Morgan fingerprint density at radius 2 is 0.627 bits per heavy atom. The molecule has 6 nitrogen and oxygen atoms in total. The van der Waals surface area contributed by atoms with Gasteiger partial charge in [0.2, 0.25) is 0 Å². The minimum atomic E-state index is -0.833. The number of allylic oxidation sites excluding steroid dienone is 22. The normalized spacial score (nSPS) is 13.2. The second kappa shape index (κ2) is 54.2. The summed E-state index contributed by atoms with van der Waals surface area (Å²) in [7, 11) is 0. The second-order valence-corrected chi connectivity index (χ2v) is 17.0. The van der Waals surface area contributed by atoms with Crippen LogP contribution in [-0.4, -0.2) is 37.2 Å². The zero-order valence-corrected chi connectivity index (χ0v) is 42.9. The Morgan fingerprint density at radius 3 is 1.07 bits per heavy atom. The number of carbonyl (C=O) groups is 3. The van der Waals surface area contributed by atoms with Crippen LogP contribution in [0, 0.1) is 0 Å². The van der Waals surface area contributed by atoms with E-state index < -0.39 is 6.10 Å². The number of rotatable bonds is 46. The van der Waals surface area contributed by atoms with Gasteiger partial charge in [-0.1, -0.05) is 206 Å². The Labute approximate surface area is 411 Å². The van der Waals surface area contributed by atoms with Crippen LogP contribution in [0.15, 0.2) is 134 Å². The van der Waals surface area contributed by atoms with Crippen LogP contribution in [0.5, 0.6) is 0 Å². The van der Waals surface area contributed by atoms with Gasteiger partial charge in [0.1, 0.15) is 13.2 Å². The van der Waals surface area contributed by atoms with E-state index in [2.05, 4.69) is 142 Å². The molecule has 6 heteroatoms. The van der Waals surface area contributed by atoms with Crippen molar-refractivity contribution in [1.82, 2.24) is 0 Å². The predicted octanol–water partition coefficient (Wildman–Crippen LogP) is 17.9. The average Bonchev–Trinajstić information content (AvgIpc) is 3.33. The molecule has 0 heterocycles. The van der Waals surface area contributed by atoms with Gasteiger partial charge in [-0.15, -0.1) is 0 Å². The summed E-state index contributed by atoms with van der Waals surface area (Å²) in [5.74, 6) is -1.06. The van der Waals surface area contributed by atoms with Gasteiger partial charge in [0, 0.05) is 19.3 Å². The lowest BCUT2D eigenvalue weighted by atomic mass is 10.1. The van der Waals surface area contributed by atoms with Crippen molar-refractivity contribution in [1.29, 1.82) is 0 Å². The minimum absolute atomic E-state index is 0.124. The van der Waals surface area contributed by atoms with Crippen molar-refractivity contribution in [3.8, 4) is 0 Å². The van der Waals surface area contributed by atoms with Crippen LogP contribution in [0.2, 0.25) is 0 Å². The molecule has 0 fully saturated rings. The van der Waals surface area contributed by atoms with Crippen LogP contribution in [0.25, 0.3) is 0 Å². The number of carbonyl (C=O) groups excluding carboxylic acids is 3. The number of hydrogen-bond acceptors (Lipinski definition) is 6. The molecule has 0 aromatic carbocycles. The number of ether oxygens (including phenoxy) is 3. The van der Waals surface area contributed by atoms with E-state index in [4.69, 9.17) is 14.2 Å². The molecule has 0 radical (unpaired) electrons. The fourth-order valence-corrected chi connectivity index (χ4v) is 6.61. The lowest BCUT2D eigenvalue weighted by molar-refractivity contribution is -0.166. The first kappa shape index (κ1) is 62.5. The first-order valence-electron chi connectivity index (χ1n) is 26.7. The lowest BCUT2D eigenvalue weighted by Crippen LogP contribution is -2.30. The summed E-state index contributed by atoms with van der Waals surface area (Å²) in [6.07, 6.45) is 75.9. The van der Waals surface area contributed by atoms with Gasteiger partial charge < -0.3 is 14.2 Å². The molecule has 0 rings (SSSR count). The van der Waals surface area contributed by atoms with Crippen LogP contribution < -0.4 is 0 Å². The lowest BCUT2D eigenvalue weighted by Gasteiger charge is -2.18. The maximum Gasteiger partial charge on any atom is 0.306 e. The number of unbranched alkanes of at least 4 members (excludes halogenated alkanes) is 13. The summed E-state index contributed by atoms with van der Waals surface area (Å²) in [6.45, 7) is 6.34. The first-order chi connectivity index (χ1) is 33.0. The molecule has 0 amide bonds. The van der Waals surface area contributed by atoms with Gasteiger partial charge in [0.15, 0.2) is 6.10 Å². The van der Waals surface area contributed by atoms with Gasteiger partial charge in [0.05, 0.1) is 0 Å². The fourth-order valence-electron chi connectivity index (χ4n) is 6.61. The van der Waals surface area contributed by atoms with Gasteiger partial charge in [-0.05, 0) is 122 Å². The predicted molar refractivity (Wildman–Crippen MR) is 288 cm³/mol. The third kappa shape index (κ3) is 52.4. The average molecular weight is 925 g/mol. The van der Waals surface area contributed by atoms with Crippen LogP contribution in [0.3, 0.4) is 0 Å². The van der Waals surface area contributed by atoms with Crippen LogP contribution in [-0.2, 0) is 28.6 Å². The topological polar surface area (TPSA) is 78.9 Å². The Hall–Kier alpha value is -4.45. The Bertz CT molecular complexity index is 1480. The van der Waals surface area contributed by atoms with E-state index in [1.54, 1.807) is 0 Å². The maximum absolute atomic E-state index is 12.8. The summed E-state index contributed by atoms with van der Waals surface area (Å²) in [4.78, 5) is 38.0. The molecule has 0 aliphatic rings. The number of hydrogen-bond donors (Lipinski definition) is 0. The van der Waals surface area contributed by atoms with Gasteiger partial charge in [-0.3, -0.25) is 14.4 Å². The molecule has 0 aromatic heterocycles. The van der Waals surface area contributed by atoms with Crippen LogP contribution in [0.1, 0.15) is 213 Å². The first-order valence-corrected chi connectivity index (χ1v) is 26.7. The van der Waals surface area contributed by atoms with Gasteiger partial charge >= 0.3 is 17.9 Å². The Balaban J connectivity index is 4.57. The van der Waals surface area contributed by atoms with Crippen molar-refractivity contribution in [3.63, 3.8) is 0 Å². The second-order valence-electron chi connectivity index (χ2n) is 17.0. The summed E-state index contributed by atoms with van der Waals surface area (Å²) >= 11 is 0. The number of esters is 3. The van der Waals surface area contributed by atoms with E-state index in [0.29, 0.717) is 19.3 Å². The van der Waals surface area contributed by atoms with Crippen molar-refractivity contribution in [2.45, 2.75) is 219 Å². The molecule has 0 aromatic rings. The van der Waals surface area contributed by atoms with Gasteiger partial charge in [0.25, 0.3) is 0 Å². The van der Waals surface area contributed by atoms with E-state index >= 15 is 0 Å². The molecule has 376 valence electrons. The summed E-state index contributed by atoms with van der Waals surface area (Å²) in [5, 5.41) is 0. The highest BCUT2D eigenvalue weighted by Gasteiger charge is 2.19. The Morgan fingerprint density at radius 1 is 0.313 bits per heavy atom. The molecule has 1 atom stereocenters. The third-order valence-electron chi connectivity index (χ3n) is 10.6. The van der Waals surface area contributed by atoms with Crippen molar-refractivity contribution < 1.29 is 28.6 Å². The SMILES string of the molecule is CC/C=C\C/C=C\C/C=C\C/C=C\C/C=C\C/C=C\CCC(=O)OC[C@H](COC(=O)CCCCCCC/C=C\CCCC)OC(=O)CCCCC/C=C\C/C=C\C/C=C\C/C=C\CCCCC. The van der Waals surface area contributed by atoms with Crippen molar-refractivity contribution in [2.24, 2.45) is 0 Å². The molecule has 67 heavy (non-hydrogen) atoms. The molecular formula is C61H96O6. The van der Waals surface area contributed by atoms with Crippen molar-refractivity contribution in [2.75, 3.05) is 13.2 Å². The van der Waals surface area contributed by atoms with E-state index in [9.17, 15) is 14.4 Å². The summed E-state index contributed by atoms with van der Waals surface area (Å²) in [6, 6.07) is 0. The van der Waals surface area contributed by atoms with Crippen LogP contribution >= 0.6 is 0 Å². The highest BCUT2D eigenvalue weighted by molar-refractivity contribution is 5.71. The summed E-state index contributed by atoms with van der Waals surface area (Å²) < 4.78 is 16.7.